The molecule has 1 atom stereocenters. The van der Waals surface area contributed by atoms with Gasteiger partial charge in [-0.15, -0.1) is 0 Å². The molecule has 0 aliphatic carbocycles. The topological polar surface area (TPSA) is 57.2 Å². The van der Waals surface area contributed by atoms with Crippen LogP contribution >= 0.6 is 0 Å². The first-order valence-electron chi connectivity index (χ1n) is 2.77. The predicted molar refractivity (Wildman–Crippen MR) is 33.7 cm³/mol. The van der Waals surface area contributed by atoms with Gasteiger partial charge in [-0.2, -0.15) is 0 Å². The summed E-state index contributed by atoms with van der Waals surface area (Å²) in [4.78, 5) is 9.70. The van der Waals surface area contributed by atoms with E-state index < -0.39 is 11.1 Å². The van der Waals surface area contributed by atoms with Gasteiger partial charge >= 0.3 is 0 Å². The van der Waals surface area contributed by atoms with Gasteiger partial charge in [-0.05, 0) is 12.8 Å². The number of aldehydes is 1. The Morgan fingerprint density at radius 3 is 2.56 bits per heavy atom. The monoisotopic (exact) mass is 149 g/mol. The highest BCUT2D eigenvalue weighted by atomic mass is 32.2. The minimum Gasteiger partial charge on any atom is -0.772 e. The number of hydrogen-bond acceptors (Lipinski definition) is 3. The van der Waals surface area contributed by atoms with Crippen molar-refractivity contribution < 1.29 is 13.6 Å². The lowest BCUT2D eigenvalue weighted by atomic mass is 10.3. The molecule has 3 nitrogen and oxygen atoms in total. The van der Waals surface area contributed by atoms with Gasteiger partial charge in [0.1, 0.15) is 6.29 Å². The molecule has 0 saturated heterocycles. The van der Waals surface area contributed by atoms with E-state index in [-0.39, 0.29) is 5.75 Å². The summed E-state index contributed by atoms with van der Waals surface area (Å²) in [7, 11) is 0. The van der Waals surface area contributed by atoms with Crippen LogP contribution in [0, 0.1) is 0 Å². The average molecular weight is 149 g/mol. The molecular formula is C5H9O3S-. The SMILES string of the molecule is O=CCCCCS(=O)[O-]. The molecule has 0 saturated carbocycles. The van der Waals surface area contributed by atoms with Crippen LogP contribution < -0.4 is 0 Å². The van der Waals surface area contributed by atoms with Gasteiger partial charge in [0.25, 0.3) is 0 Å². The molecule has 0 aromatic carbocycles. The second-order valence-corrected chi connectivity index (χ2v) is 2.69. The van der Waals surface area contributed by atoms with E-state index in [0.717, 1.165) is 6.29 Å². The zero-order valence-electron chi connectivity index (χ0n) is 5.04. The Kier molecular flexibility index (Phi) is 5.76. The lowest BCUT2D eigenvalue weighted by Gasteiger charge is -2.01. The standard InChI is InChI=1S/C5H10O3S/c6-4-2-1-3-5-9(7)8/h4H,1-3,5H2,(H,7,8)/p-1. The van der Waals surface area contributed by atoms with Gasteiger partial charge in [-0.25, -0.2) is 0 Å². The lowest BCUT2D eigenvalue weighted by Crippen LogP contribution is -1.94. The number of hydrogen-bond donors (Lipinski definition) is 0. The number of rotatable bonds is 5. The van der Waals surface area contributed by atoms with Crippen LogP contribution in [0.5, 0.6) is 0 Å². The number of carbonyl (C=O) groups excluding carboxylic acids is 1. The molecule has 0 aromatic heterocycles. The van der Waals surface area contributed by atoms with Crippen LogP contribution in [-0.4, -0.2) is 20.8 Å². The highest BCUT2D eigenvalue weighted by Crippen LogP contribution is 1.92. The Labute approximate surface area is 56.7 Å². The lowest BCUT2D eigenvalue weighted by molar-refractivity contribution is -0.107. The molecule has 0 spiro atoms. The Balaban J connectivity index is 2.91. The molecule has 0 bridgehead atoms. The molecule has 0 radical (unpaired) electrons. The highest BCUT2D eigenvalue weighted by Gasteiger charge is 1.85. The van der Waals surface area contributed by atoms with E-state index in [4.69, 9.17) is 0 Å². The maximum Gasteiger partial charge on any atom is 0.119 e. The van der Waals surface area contributed by atoms with Crippen LogP contribution in [0.4, 0.5) is 0 Å². The minimum absolute atomic E-state index is 0.174. The largest absolute Gasteiger partial charge is 0.772 e. The van der Waals surface area contributed by atoms with E-state index in [1.54, 1.807) is 0 Å². The van der Waals surface area contributed by atoms with Crippen molar-refractivity contribution in [2.24, 2.45) is 0 Å². The third-order valence-corrected chi connectivity index (χ3v) is 1.50. The van der Waals surface area contributed by atoms with Crippen LogP contribution in [0.2, 0.25) is 0 Å². The Hall–Kier alpha value is -0.220. The van der Waals surface area contributed by atoms with Crippen LogP contribution in [0.25, 0.3) is 0 Å². The Morgan fingerprint density at radius 1 is 1.44 bits per heavy atom. The molecule has 0 aliphatic heterocycles. The van der Waals surface area contributed by atoms with Gasteiger partial charge < -0.3 is 9.35 Å². The summed E-state index contributed by atoms with van der Waals surface area (Å²) in [5.41, 5.74) is 0. The molecule has 0 amide bonds. The molecule has 54 valence electrons. The van der Waals surface area contributed by atoms with Crippen molar-refractivity contribution in [2.45, 2.75) is 19.3 Å². The van der Waals surface area contributed by atoms with Crippen molar-refractivity contribution in [2.75, 3.05) is 5.75 Å². The van der Waals surface area contributed by atoms with Crippen molar-refractivity contribution in [3.63, 3.8) is 0 Å². The summed E-state index contributed by atoms with van der Waals surface area (Å²) in [6.07, 6.45) is 2.54. The maximum absolute atomic E-state index is 9.87. The first kappa shape index (κ1) is 8.78. The van der Waals surface area contributed by atoms with Crippen molar-refractivity contribution in [3.8, 4) is 0 Å². The first-order chi connectivity index (χ1) is 4.27. The zero-order valence-corrected chi connectivity index (χ0v) is 5.86. The molecule has 0 fully saturated rings. The molecule has 9 heavy (non-hydrogen) atoms. The van der Waals surface area contributed by atoms with Crippen molar-refractivity contribution in [1.29, 1.82) is 0 Å². The fourth-order valence-electron chi connectivity index (χ4n) is 0.448. The zero-order chi connectivity index (χ0) is 7.11. The predicted octanol–water partition coefficient (Wildman–Crippen LogP) is 0.235. The second kappa shape index (κ2) is 5.91. The fraction of sp³-hybridized carbons (Fsp3) is 0.800. The minimum atomic E-state index is -1.93. The fourth-order valence-corrected chi connectivity index (χ4v) is 0.887. The molecule has 4 heteroatoms. The van der Waals surface area contributed by atoms with E-state index in [2.05, 4.69) is 0 Å². The van der Waals surface area contributed by atoms with E-state index >= 15 is 0 Å². The first-order valence-corrected chi connectivity index (χ1v) is 4.01. The molecular weight excluding hydrogens is 140 g/mol. The van der Waals surface area contributed by atoms with E-state index in [9.17, 15) is 13.6 Å². The summed E-state index contributed by atoms with van der Waals surface area (Å²) in [6, 6.07) is 0. The van der Waals surface area contributed by atoms with Gasteiger partial charge in [0.05, 0.1) is 0 Å². The molecule has 0 rings (SSSR count). The molecule has 0 heterocycles. The van der Waals surface area contributed by atoms with Gasteiger partial charge in [-0.1, -0.05) is 11.1 Å². The van der Waals surface area contributed by atoms with E-state index in [1.807, 2.05) is 0 Å². The molecule has 0 aromatic rings. The Morgan fingerprint density at radius 2 is 2.11 bits per heavy atom. The number of carbonyl (C=O) groups is 1. The van der Waals surface area contributed by atoms with Gasteiger partial charge in [0.15, 0.2) is 0 Å². The van der Waals surface area contributed by atoms with Crippen molar-refractivity contribution in [3.05, 3.63) is 0 Å². The van der Waals surface area contributed by atoms with Crippen LogP contribution in [0.1, 0.15) is 19.3 Å². The Bertz CT molecular complexity index is 102. The smallest absolute Gasteiger partial charge is 0.119 e. The summed E-state index contributed by atoms with van der Waals surface area (Å²) >= 11 is -1.93. The molecule has 0 aliphatic rings. The highest BCUT2D eigenvalue weighted by molar-refractivity contribution is 7.79. The normalized spacial score (nSPS) is 13.0. The number of unbranched alkanes of at least 4 members (excludes halogenated alkanes) is 2. The van der Waals surface area contributed by atoms with E-state index in [1.165, 1.54) is 0 Å². The third-order valence-electron chi connectivity index (χ3n) is 0.883. The molecule has 0 N–H and O–H groups in total. The van der Waals surface area contributed by atoms with Crippen molar-refractivity contribution >= 4 is 17.4 Å². The summed E-state index contributed by atoms with van der Waals surface area (Å²) in [6.45, 7) is 0. The molecule has 1 unspecified atom stereocenters. The van der Waals surface area contributed by atoms with Gasteiger partial charge in [0.2, 0.25) is 0 Å². The van der Waals surface area contributed by atoms with Crippen LogP contribution in [-0.2, 0) is 15.9 Å². The summed E-state index contributed by atoms with van der Waals surface area (Å²) in [5.74, 6) is 0.174. The van der Waals surface area contributed by atoms with Gasteiger partial charge in [0, 0.05) is 12.2 Å². The summed E-state index contributed by atoms with van der Waals surface area (Å²) < 4.78 is 19.7. The second-order valence-electron chi connectivity index (χ2n) is 1.67. The average Bonchev–Trinajstić information content (AvgIpc) is 1.80. The van der Waals surface area contributed by atoms with Gasteiger partial charge in [-0.3, -0.25) is 4.21 Å². The van der Waals surface area contributed by atoms with Crippen molar-refractivity contribution in [1.82, 2.24) is 0 Å². The van der Waals surface area contributed by atoms with E-state index in [0.29, 0.717) is 19.3 Å². The third kappa shape index (κ3) is 7.78. The van der Waals surface area contributed by atoms with Crippen LogP contribution in [0.3, 0.4) is 0 Å². The quantitative estimate of drug-likeness (QED) is 0.319. The maximum atomic E-state index is 9.87. The summed E-state index contributed by atoms with van der Waals surface area (Å²) in [5, 5.41) is 0. The van der Waals surface area contributed by atoms with Crippen LogP contribution in [0.15, 0.2) is 0 Å².